The van der Waals surface area contributed by atoms with Crippen molar-refractivity contribution in [3.63, 3.8) is 0 Å². The number of nitrogens with two attached hydrogens (primary N) is 1. The van der Waals surface area contributed by atoms with Crippen molar-refractivity contribution in [2.24, 2.45) is 5.73 Å². The SMILES string of the molecule is COc1cc(CN2CC[C@]3(C[C@@H]2C)OCCc2cc(Cl)sc23)ccc1OCC(N)=O. The molecule has 0 unspecified atom stereocenters. The van der Waals surface area contributed by atoms with Crippen molar-refractivity contribution in [2.45, 2.75) is 44.4 Å². The van der Waals surface area contributed by atoms with Crippen LogP contribution in [0.15, 0.2) is 24.3 Å². The highest BCUT2D eigenvalue weighted by molar-refractivity contribution is 7.16. The van der Waals surface area contributed by atoms with Crippen LogP contribution in [0.5, 0.6) is 11.5 Å². The van der Waals surface area contributed by atoms with Crippen LogP contribution in [0.4, 0.5) is 0 Å². The number of benzene rings is 1. The van der Waals surface area contributed by atoms with E-state index in [1.807, 2.05) is 18.2 Å². The van der Waals surface area contributed by atoms with E-state index in [1.54, 1.807) is 18.4 Å². The summed E-state index contributed by atoms with van der Waals surface area (Å²) in [7, 11) is 1.59. The zero-order valence-electron chi connectivity index (χ0n) is 17.3. The molecule has 6 nitrogen and oxygen atoms in total. The van der Waals surface area contributed by atoms with Gasteiger partial charge in [-0.05, 0) is 55.5 Å². The van der Waals surface area contributed by atoms with Crippen molar-refractivity contribution in [2.75, 3.05) is 26.9 Å². The van der Waals surface area contributed by atoms with E-state index in [0.29, 0.717) is 17.5 Å². The van der Waals surface area contributed by atoms with Crippen LogP contribution in [0.25, 0.3) is 0 Å². The zero-order valence-corrected chi connectivity index (χ0v) is 18.9. The van der Waals surface area contributed by atoms with E-state index in [4.69, 9.17) is 31.5 Å². The molecule has 2 aliphatic rings. The summed E-state index contributed by atoms with van der Waals surface area (Å²) < 4.78 is 18.1. The minimum absolute atomic E-state index is 0.171. The zero-order chi connectivity index (χ0) is 21.3. The maximum absolute atomic E-state index is 11.0. The van der Waals surface area contributed by atoms with Crippen LogP contribution in [0.1, 0.15) is 35.8 Å². The van der Waals surface area contributed by atoms with Gasteiger partial charge in [-0.2, -0.15) is 0 Å². The van der Waals surface area contributed by atoms with Gasteiger partial charge in [0.1, 0.15) is 5.60 Å². The predicted octanol–water partition coefficient (Wildman–Crippen LogP) is 3.73. The Hall–Kier alpha value is -1.80. The van der Waals surface area contributed by atoms with Crippen molar-refractivity contribution in [1.29, 1.82) is 0 Å². The molecule has 3 heterocycles. The number of carbonyl (C=O) groups is 1. The molecule has 1 aromatic heterocycles. The number of fused-ring (bicyclic) bond motifs is 2. The van der Waals surface area contributed by atoms with Gasteiger partial charge < -0.3 is 19.9 Å². The number of hydrogen-bond acceptors (Lipinski definition) is 6. The molecule has 1 fully saturated rings. The minimum atomic E-state index is -0.516. The molecule has 4 rings (SSSR count). The Balaban J connectivity index is 1.46. The predicted molar refractivity (Wildman–Crippen MR) is 117 cm³/mol. The summed E-state index contributed by atoms with van der Waals surface area (Å²) in [5.41, 5.74) is 7.44. The lowest BCUT2D eigenvalue weighted by atomic mass is 9.82. The van der Waals surface area contributed by atoms with Crippen molar-refractivity contribution < 1.29 is 19.0 Å². The number of nitrogens with zero attached hydrogens (tertiary/aromatic N) is 1. The molecule has 2 atom stereocenters. The quantitative estimate of drug-likeness (QED) is 0.725. The van der Waals surface area contributed by atoms with E-state index in [1.165, 1.54) is 10.4 Å². The molecule has 0 bridgehead atoms. The minimum Gasteiger partial charge on any atom is -0.493 e. The normalized spacial score (nSPS) is 23.9. The number of carbonyl (C=O) groups excluding carboxylic acids is 1. The van der Waals surface area contributed by atoms with Crippen molar-refractivity contribution in [3.8, 4) is 11.5 Å². The summed E-state index contributed by atoms with van der Waals surface area (Å²) in [5, 5.41) is 0. The molecule has 1 amide bonds. The largest absolute Gasteiger partial charge is 0.493 e. The number of hydrogen-bond donors (Lipinski definition) is 1. The summed E-state index contributed by atoms with van der Waals surface area (Å²) in [4.78, 5) is 14.8. The van der Waals surface area contributed by atoms with Crippen LogP contribution >= 0.6 is 22.9 Å². The van der Waals surface area contributed by atoms with Crippen LogP contribution in [0, 0.1) is 0 Å². The molecule has 0 radical (unpaired) electrons. The lowest BCUT2D eigenvalue weighted by Gasteiger charge is -2.47. The lowest BCUT2D eigenvalue weighted by Crippen LogP contribution is -2.49. The third kappa shape index (κ3) is 4.30. The van der Waals surface area contributed by atoms with Gasteiger partial charge in [0, 0.05) is 24.0 Å². The number of likely N-dealkylation sites (tertiary alicyclic amines) is 1. The molecular weight excluding hydrogens is 424 g/mol. The number of rotatable bonds is 6. The van der Waals surface area contributed by atoms with Gasteiger partial charge in [-0.25, -0.2) is 0 Å². The van der Waals surface area contributed by atoms with Crippen LogP contribution in [-0.4, -0.2) is 43.7 Å². The molecule has 8 heteroatoms. The number of piperidine rings is 1. The average Bonchev–Trinajstić information content (AvgIpc) is 3.11. The molecule has 30 heavy (non-hydrogen) atoms. The third-order valence-corrected chi connectivity index (χ3v) is 7.47. The van der Waals surface area contributed by atoms with E-state index in [-0.39, 0.29) is 12.2 Å². The standard InChI is InChI=1S/C22H27ClN2O4S/c1-14-11-22(21-16(5-8-29-22)10-19(23)30-21)6-7-25(14)12-15-3-4-17(18(9-15)27-2)28-13-20(24)26/h3-4,9-10,14H,5-8,11-13H2,1-2H3,(H2,24,26)/t14-,22+/m0/s1. The van der Waals surface area contributed by atoms with Gasteiger partial charge in [0.25, 0.3) is 5.91 Å². The number of halogens is 1. The Morgan fingerprint density at radius 2 is 2.23 bits per heavy atom. The first-order chi connectivity index (χ1) is 14.4. The molecule has 2 aromatic rings. The van der Waals surface area contributed by atoms with Crippen molar-refractivity contribution in [3.05, 3.63) is 44.6 Å². The van der Waals surface area contributed by atoms with Gasteiger partial charge in [0.15, 0.2) is 18.1 Å². The van der Waals surface area contributed by atoms with Gasteiger partial charge in [0.2, 0.25) is 0 Å². The van der Waals surface area contributed by atoms with Gasteiger partial charge in [-0.15, -0.1) is 11.3 Å². The first-order valence-electron chi connectivity index (χ1n) is 10.1. The highest BCUT2D eigenvalue weighted by atomic mass is 35.5. The molecule has 2 N–H and O–H groups in total. The first-order valence-corrected chi connectivity index (χ1v) is 11.3. The highest BCUT2D eigenvalue weighted by Gasteiger charge is 2.44. The first kappa shape index (κ1) is 21.4. The summed E-state index contributed by atoms with van der Waals surface area (Å²) >= 11 is 7.99. The second kappa shape index (κ2) is 8.75. The molecule has 1 saturated heterocycles. The van der Waals surface area contributed by atoms with Crippen LogP contribution in [0.3, 0.4) is 0 Å². The third-order valence-electron chi connectivity index (χ3n) is 5.98. The van der Waals surface area contributed by atoms with Gasteiger partial charge in [0.05, 0.1) is 18.1 Å². The van der Waals surface area contributed by atoms with Crippen molar-refractivity contribution >= 4 is 28.8 Å². The fourth-order valence-electron chi connectivity index (χ4n) is 4.53. The van der Waals surface area contributed by atoms with Crippen molar-refractivity contribution in [1.82, 2.24) is 4.90 Å². The van der Waals surface area contributed by atoms with Gasteiger partial charge in [-0.1, -0.05) is 17.7 Å². The maximum atomic E-state index is 11.0. The fourth-order valence-corrected chi connectivity index (χ4v) is 6.01. The topological polar surface area (TPSA) is 74.0 Å². The summed E-state index contributed by atoms with van der Waals surface area (Å²) in [6.07, 6.45) is 2.86. The van der Waals surface area contributed by atoms with Crippen LogP contribution in [-0.2, 0) is 28.1 Å². The molecule has 1 aromatic carbocycles. The number of amides is 1. The summed E-state index contributed by atoms with van der Waals surface area (Å²) in [6, 6.07) is 8.27. The Kier molecular flexibility index (Phi) is 6.25. The smallest absolute Gasteiger partial charge is 0.255 e. The highest BCUT2D eigenvalue weighted by Crippen LogP contribution is 2.48. The Labute approximate surface area is 185 Å². The molecule has 162 valence electrons. The van der Waals surface area contributed by atoms with E-state index in [9.17, 15) is 4.79 Å². The van der Waals surface area contributed by atoms with E-state index in [2.05, 4.69) is 17.9 Å². The monoisotopic (exact) mass is 450 g/mol. The van der Waals surface area contributed by atoms with E-state index < -0.39 is 5.91 Å². The molecule has 2 aliphatic heterocycles. The van der Waals surface area contributed by atoms with E-state index in [0.717, 1.165) is 48.9 Å². The molecule has 0 aliphatic carbocycles. The molecular formula is C22H27ClN2O4S. The van der Waals surface area contributed by atoms with Gasteiger partial charge >= 0.3 is 0 Å². The molecule has 0 saturated carbocycles. The summed E-state index contributed by atoms with van der Waals surface area (Å²) in [6.45, 7) is 4.60. The molecule has 1 spiro atoms. The second-order valence-electron chi connectivity index (χ2n) is 8.01. The Morgan fingerprint density at radius 3 is 2.97 bits per heavy atom. The van der Waals surface area contributed by atoms with Crippen LogP contribution in [0.2, 0.25) is 4.34 Å². The maximum Gasteiger partial charge on any atom is 0.255 e. The number of primary amides is 1. The van der Waals surface area contributed by atoms with E-state index >= 15 is 0 Å². The Bertz CT molecular complexity index is 934. The summed E-state index contributed by atoms with van der Waals surface area (Å²) in [5.74, 6) is 0.601. The average molecular weight is 451 g/mol. The second-order valence-corrected chi connectivity index (χ2v) is 9.69. The van der Waals surface area contributed by atoms with Gasteiger partial charge in [-0.3, -0.25) is 9.69 Å². The number of methoxy groups -OCH3 is 1. The fraction of sp³-hybridized carbons (Fsp3) is 0.500. The Morgan fingerprint density at radius 1 is 1.40 bits per heavy atom. The lowest BCUT2D eigenvalue weighted by molar-refractivity contribution is -0.120. The number of ether oxygens (including phenoxy) is 3. The van der Waals surface area contributed by atoms with Crippen LogP contribution < -0.4 is 15.2 Å². The number of thiophene rings is 1.